The largest absolute Gasteiger partial charge is 0.294 e. The molecule has 86 valence electrons. The maximum absolute atomic E-state index is 12.1. The molecule has 0 amide bonds. The van der Waals surface area contributed by atoms with Crippen molar-refractivity contribution in [3.8, 4) is 0 Å². The van der Waals surface area contributed by atoms with Gasteiger partial charge in [0.05, 0.1) is 0 Å². The average molecular weight is 216 g/mol. The molecule has 0 aromatic heterocycles. The Labute approximate surface area is 97.9 Å². The topological polar surface area (TPSA) is 17.1 Å². The summed E-state index contributed by atoms with van der Waals surface area (Å²) in [5.74, 6) is 0.356. The molecule has 0 N–H and O–H groups in total. The lowest BCUT2D eigenvalue weighted by Gasteiger charge is -2.13. The lowest BCUT2D eigenvalue weighted by atomic mass is 9.91. The number of carbonyl (C=O) groups excluding carboxylic acids is 1. The van der Waals surface area contributed by atoms with E-state index in [1.165, 1.54) is 31.2 Å². The minimum absolute atomic E-state index is 0.356. The summed E-state index contributed by atoms with van der Waals surface area (Å²) in [5, 5.41) is 0. The highest BCUT2D eigenvalue weighted by Crippen LogP contribution is 2.22. The molecule has 1 aliphatic carbocycles. The van der Waals surface area contributed by atoms with E-state index in [-0.39, 0.29) is 0 Å². The Morgan fingerprint density at radius 2 is 1.62 bits per heavy atom. The van der Waals surface area contributed by atoms with Gasteiger partial charge in [0.25, 0.3) is 0 Å². The molecule has 16 heavy (non-hydrogen) atoms. The predicted octanol–water partition coefficient (Wildman–Crippen LogP) is 4.07. The minimum Gasteiger partial charge on any atom is -0.294 e. The van der Waals surface area contributed by atoms with Crippen LogP contribution >= 0.6 is 0 Å². The van der Waals surface area contributed by atoms with Crippen LogP contribution in [0.1, 0.15) is 60.0 Å². The van der Waals surface area contributed by atoms with Crippen LogP contribution in [0.5, 0.6) is 0 Å². The molecule has 1 nitrogen and oxygen atoms in total. The summed E-state index contributed by atoms with van der Waals surface area (Å²) in [7, 11) is 0. The van der Waals surface area contributed by atoms with E-state index in [0.29, 0.717) is 5.78 Å². The highest BCUT2D eigenvalue weighted by atomic mass is 16.1. The van der Waals surface area contributed by atoms with Crippen molar-refractivity contribution in [1.82, 2.24) is 0 Å². The molecular weight excluding hydrogens is 196 g/mol. The molecule has 0 aliphatic heterocycles. The fourth-order valence-electron chi connectivity index (χ4n) is 2.59. The zero-order chi connectivity index (χ0) is 11.4. The molecule has 1 aromatic carbocycles. The van der Waals surface area contributed by atoms with Crippen LogP contribution in [0.25, 0.3) is 0 Å². The number of aryl methyl sites for hydroxylation is 2. The van der Waals surface area contributed by atoms with Crippen LogP contribution < -0.4 is 0 Å². The Balaban J connectivity index is 2.33. The van der Waals surface area contributed by atoms with Crippen molar-refractivity contribution in [1.29, 1.82) is 0 Å². The van der Waals surface area contributed by atoms with Gasteiger partial charge < -0.3 is 0 Å². The monoisotopic (exact) mass is 216 g/mol. The van der Waals surface area contributed by atoms with Gasteiger partial charge >= 0.3 is 0 Å². The van der Waals surface area contributed by atoms with Gasteiger partial charge in [-0.15, -0.1) is 0 Å². The Morgan fingerprint density at radius 1 is 0.938 bits per heavy atom. The molecule has 0 unspecified atom stereocenters. The summed E-state index contributed by atoms with van der Waals surface area (Å²) in [5.41, 5.74) is 3.44. The number of carbonyl (C=O) groups is 1. The average Bonchev–Trinajstić information content (AvgIpc) is 2.27. The summed E-state index contributed by atoms with van der Waals surface area (Å²) >= 11 is 0. The number of fused-ring (bicyclic) bond motifs is 1. The summed E-state index contributed by atoms with van der Waals surface area (Å²) in [6, 6.07) is 6.26. The second-order valence-corrected chi connectivity index (χ2v) is 4.80. The van der Waals surface area contributed by atoms with Crippen molar-refractivity contribution in [2.24, 2.45) is 0 Å². The number of hydrogen-bond donors (Lipinski definition) is 0. The molecule has 0 saturated heterocycles. The molecule has 0 heterocycles. The second kappa shape index (κ2) is 5.29. The Hall–Kier alpha value is -1.11. The highest BCUT2D eigenvalue weighted by molar-refractivity contribution is 5.98. The summed E-state index contributed by atoms with van der Waals surface area (Å²) in [6.07, 6.45) is 7.90. The van der Waals surface area contributed by atoms with Crippen LogP contribution in [0, 0.1) is 6.92 Å². The van der Waals surface area contributed by atoms with E-state index in [4.69, 9.17) is 0 Å². The van der Waals surface area contributed by atoms with Gasteiger partial charge in [-0.1, -0.05) is 37.5 Å². The van der Waals surface area contributed by atoms with E-state index < -0.39 is 0 Å². The molecule has 1 aromatic rings. The van der Waals surface area contributed by atoms with Crippen LogP contribution in [-0.4, -0.2) is 5.78 Å². The van der Waals surface area contributed by atoms with Gasteiger partial charge in [-0.25, -0.2) is 0 Å². The minimum atomic E-state index is 0.356. The molecule has 2 rings (SSSR count). The molecule has 1 aliphatic rings. The fraction of sp³-hybridized carbons (Fsp3) is 0.533. The number of ketones is 1. The van der Waals surface area contributed by atoms with Crippen LogP contribution in [0.3, 0.4) is 0 Å². The molecule has 0 saturated carbocycles. The summed E-state index contributed by atoms with van der Waals surface area (Å²) < 4.78 is 0. The van der Waals surface area contributed by atoms with Gasteiger partial charge in [0.15, 0.2) is 5.78 Å². The lowest BCUT2D eigenvalue weighted by molar-refractivity contribution is 0.0977. The fourth-order valence-corrected chi connectivity index (χ4v) is 2.59. The molecular formula is C15H20O. The molecule has 0 bridgehead atoms. The summed E-state index contributed by atoms with van der Waals surface area (Å²) in [4.78, 5) is 12.1. The normalized spacial score (nSPS) is 17.9. The van der Waals surface area contributed by atoms with Gasteiger partial charge in [-0.2, -0.15) is 0 Å². The summed E-state index contributed by atoms with van der Waals surface area (Å²) in [6.45, 7) is 2.06. The van der Waals surface area contributed by atoms with Gasteiger partial charge in [0.2, 0.25) is 0 Å². The molecule has 0 fully saturated rings. The van der Waals surface area contributed by atoms with E-state index in [9.17, 15) is 4.79 Å². The maximum Gasteiger partial charge on any atom is 0.163 e. The standard InChI is InChI=1S/C15H20O/c1-12-8-7-10-13-9-5-3-2-4-6-11-14(16)15(12)13/h7-8,10H,2-6,9,11H2,1H3. The molecule has 0 atom stereocenters. The Kier molecular flexibility index (Phi) is 3.76. The van der Waals surface area contributed by atoms with E-state index in [2.05, 4.69) is 25.1 Å². The van der Waals surface area contributed by atoms with E-state index >= 15 is 0 Å². The first kappa shape index (κ1) is 11.4. The van der Waals surface area contributed by atoms with Crippen LogP contribution in [0.2, 0.25) is 0 Å². The molecule has 0 radical (unpaired) electrons. The molecule has 0 spiro atoms. The Bertz CT molecular complexity index is 379. The first-order valence-corrected chi connectivity index (χ1v) is 6.41. The number of hydrogen-bond acceptors (Lipinski definition) is 1. The van der Waals surface area contributed by atoms with Crippen LogP contribution in [0.4, 0.5) is 0 Å². The number of rotatable bonds is 0. The zero-order valence-corrected chi connectivity index (χ0v) is 10.1. The van der Waals surface area contributed by atoms with Crippen molar-refractivity contribution in [2.75, 3.05) is 0 Å². The maximum atomic E-state index is 12.1. The van der Waals surface area contributed by atoms with Gasteiger partial charge in [-0.3, -0.25) is 4.79 Å². The SMILES string of the molecule is Cc1cccc2c1C(=O)CCCCCCC2. The predicted molar refractivity (Wildman–Crippen MR) is 66.9 cm³/mol. The third-order valence-electron chi connectivity index (χ3n) is 3.49. The van der Waals surface area contributed by atoms with Gasteiger partial charge in [0, 0.05) is 12.0 Å². The smallest absolute Gasteiger partial charge is 0.163 e. The first-order valence-electron chi connectivity index (χ1n) is 6.41. The van der Waals surface area contributed by atoms with E-state index in [1.54, 1.807) is 0 Å². The highest BCUT2D eigenvalue weighted by Gasteiger charge is 2.14. The van der Waals surface area contributed by atoms with Crippen molar-refractivity contribution in [2.45, 2.75) is 51.9 Å². The first-order chi connectivity index (χ1) is 7.79. The third kappa shape index (κ3) is 2.52. The van der Waals surface area contributed by atoms with Crippen molar-refractivity contribution < 1.29 is 4.79 Å². The van der Waals surface area contributed by atoms with Crippen molar-refractivity contribution in [3.05, 3.63) is 34.9 Å². The third-order valence-corrected chi connectivity index (χ3v) is 3.49. The van der Waals surface area contributed by atoms with Crippen molar-refractivity contribution >= 4 is 5.78 Å². The zero-order valence-electron chi connectivity index (χ0n) is 10.1. The Morgan fingerprint density at radius 3 is 2.44 bits per heavy atom. The van der Waals surface area contributed by atoms with Crippen LogP contribution in [-0.2, 0) is 6.42 Å². The lowest BCUT2D eigenvalue weighted by Crippen LogP contribution is -2.07. The quantitative estimate of drug-likeness (QED) is 0.638. The van der Waals surface area contributed by atoms with E-state index in [1.807, 2.05) is 0 Å². The number of benzene rings is 1. The van der Waals surface area contributed by atoms with E-state index in [0.717, 1.165) is 30.4 Å². The second-order valence-electron chi connectivity index (χ2n) is 4.80. The number of Topliss-reactive ketones (excluding diaryl/α,β-unsaturated/α-hetero) is 1. The van der Waals surface area contributed by atoms with Crippen LogP contribution in [0.15, 0.2) is 18.2 Å². The van der Waals surface area contributed by atoms with Gasteiger partial charge in [-0.05, 0) is 37.3 Å². The van der Waals surface area contributed by atoms with Crippen molar-refractivity contribution in [3.63, 3.8) is 0 Å². The molecule has 1 heteroatoms. The van der Waals surface area contributed by atoms with Gasteiger partial charge in [0.1, 0.15) is 0 Å².